The van der Waals surface area contributed by atoms with Crippen molar-refractivity contribution < 1.29 is 4.79 Å². The Morgan fingerprint density at radius 1 is 1.33 bits per heavy atom. The Balaban J connectivity index is 2.30. The Bertz CT molecular complexity index is 224. The van der Waals surface area contributed by atoms with Crippen molar-refractivity contribution in [3.8, 4) is 0 Å². The molecule has 1 aliphatic carbocycles. The summed E-state index contributed by atoms with van der Waals surface area (Å²) in [6.07, 6.45) is 4.82. The van der Waals surface area contributed by atoms with Crippen LogP contribution in [-0.4, -0.2) is 18.0 Å². The van der Waals surface area contributed by atoms with Gasteiger partial charge in [-0.2, -0.15) is 0 Å². The van der Waals surface area contributed by atoms with Crippen LogP contribution in [0.2, 0.25) is 0 Å². The number of rotatable bonds is 3. The molecule has 3 N–H and O–H groups in total. The molecule has 1 fully saturated rings. The maximum absolute atomic E-state index is 11.7. The van der Waals surface area contributed by atoms with Crippen LogP contribution in [0.25, 0.3) is 0 Å². The summed E-state index contributed by atoms with van der Waals surface area (Å²) in [6, 6.07) is 0. The fraction of sp³-hybridized carbons (Fsp3) is 0.917. The van der Waals surface area contributed by atoms with E-state index in [0.29, 0.717) is 6.42 Å². The lowest BCUT2D eigenvalue weighted by Crippen LogP contribution is -2.43. The zero-order valence-electron chi connectivity index (χ0n) is 10.2. The highest BCUT2D eigenvalue weighted by Crippen LogP contribution is 2.29. The van der Waals surface area contributed by atoms with E-state index < -0.39 is 0 Å². The molecule has 1 saturated carbocycles. The first-order valence-electron chi connectivity index (χ1n) is 5.86. The molecule has 3 heteroatoms. The Morgan fingerprint density at radius 3 is 2.33 bits per heavy atom. The zero-order valence-corrected chi connectivity index (χ0v) is 10.2. The number of hydrogen-bond acceptors (Lipinski definition) is 2. The minimum absolute atomic E-state index is 0.106. The van der Waals surface area contributed by atoms with Crippen molar-refractivity contribution in [1.82, 2.24) is 5.32 Å². The van der Waals surface area contributed by atoms with Crippen LogP contribution in [0.5, 0.6) is 0 Å². The summed E-state index contributed by atoms with van der Waals surface area (Å²) in [4.78, 5) is 11.7. The maximum Gasteiger partial charge on any atom is 0.221 e. The first-order valence-corrected chi connectivity index (χ1v) is 5.86. The molecule has 0 atom stereocenters. The monoisotopic (exact) mass is 212 g/mol. The average molecular weight is 212 g/mol. The molecule has 0 unspecified atom stereocenters. The number of hydrogen-bond donors (Lipinski definition) is 2. The van der Waals surface area contributed by atoms with Crippen LogP contribution in [0.4, 0.5) is 0 Å². The van der Waals surface area contributed by atoms with Gasteiger partial charge in [-0.3, -0.25) is 4.79 Å². The van der Waals surface area contributed by atoms with E-state index in [9.17, 15) is 4.79 Å². The van der Waals surface area contributed by atoms with E-state index >= 15 is 0 Å². The first-order chi connectivity index (χ1) is 6.81. The largest absolute Gasteiger partial charge is 0.356 e. The predicted octanol–water partition coefficient (Wildman–Crippen LogP) is 1.81. The number of amides is 1. The number of carbonyl (C=O) groups excluding carboxylic acids is 1. The molecule has 0 spiro atoms. The lowest BCUT2D eigenvalue weighted by molar-refractivity contribution is -0.122. The first kappa shape index (κ1) is 12.5. The van der Waals surface area contributed by atoms with Gasteiger partial charge in [-0.25, -0.2) is 0 Å². The van der Waals surface area contributed by atoms with Crippen molar-refractivity contribution in [1.29, 1.82) is 0 Å². The number of nitrogens with two attached hydrogens (primary N) is 1. The minimum atomic E-state index is -0.220. The summed E-state index contributed by atoms with van der Waals surface area (Å²) in [5.41, 5.74) is 6.06. The summed E-state index contributed by atoms with van der Waals surface area (Å²) in [6.45, 7) is 7.06. The van der Waals surface area contributed by atoms with E-state index in [0.717, 1.165) is 19.4 Å². The third-order valence-corrected chi connectivity index (χ3v) is 2.93. The van der Waals surface area contributed by atoms with E-state index in [1.165, 1.54) is 12.8 Å². The van der Waals surface area contributed by atoms with Crippen LogP contribution in [0, 0.1) is 5.41 Å². The quantitative estimate of drug-likeness (QED) is 0.749. The van der Waals surface area contributed by atoms with Gasteiger partial charge in [0.05, 0.1) is 0 Å². The lowest BCUT2D eigenvalue weighted by atomic mass is 9.93. The second-order valence-corrected chi connectivity index (χ2v) is 6.08. The van der Waals surface area contributed by atoms with E-state index in [1.807, 2.05) is 0 Å². The molecular weight excluding hydrogens is 188 g/mol. The van der Waals surface area contributed by atoms with Crippen molar-refractivity contribution in [2.75, 3.05) is 6.54 Å². The summed E-state index contributed by atoms with van der Waals surface area (Å²) < 4.78 is 0. The molecule has 0 heterocycles. The smallest absolute Gasteiger partial charge is 0.221 e. The summed E-state index contributed by atoms with van der Waals surface area (Å²) >= 11 is 0. The summed E-state index contributed by atoms with van der Waals surface area (Å²) in [5, 5.41) is 2.96. The molecule has 0 bridgehead atoms. The molecule has 0 aliphatic heterocycles. The fourth-order valence-electron chi connectivity index (χ4n) is 2.00. The SMILES string of the molecule is CC(C)(C)CNC(=O)CC1(N)CCCC1. The Labute approximate surface area is 92.8 Å². The van der Waals surface area contributed by atoms with Crippen molar-refractivity contribution in [2.45, 2.75) is 58.4 Å². The molecule has 0 saturated heterocycles. The molecule has 1 amide bonds. The van der Waals surface area contributed by atoms with Gasteiger partial charge in [0, 0.05) is 18.5 Å². The highest BCUT2D eigenvalue weighted by molar-refractivity contribution is 5.77. The van der Waals surface area contributed by atoms with Gasteiger partial charge >= 0.3 is 0 Å². The third kappa shape index (κ3) is 4.65. The number of carbonyl (C=O) groups is 1. The Hall–Kier alpha value is -0.570. The van der Waals surface area contributed by atoms with Gasteiger partial charge < -0.3 is 11.1 Å². The van der Waals surface area contributed by atoms with Crippen LogP contribution < -0.4 is 11.1 Å². The standard InChI is InChI=1S/C12H24N2O/c1-11(2,3)9-14-10(15)8-12(13)6-4-5-7-12/h4-9,13H2,1-3H3,(H,14,15). The van der Waals surface area contributed by atoms with Crippen molar-refractivity contribution in [3.05, 3.63) is 0 Å². The van der Waals surface area contributed by atoms with E-state index in [1.54, 1.807) is 0 Å². The normalized spacial score (nSPS) is 20.3. The van der Waals surface area contributed by atoms with Crippen LogP contribution in [0.15, 0.2) is 0 Å². The van der Waals surface area contributed by atoms with Crippen molar-refractivity contribution in [3.63, 3.8) is 0 Å². The Kier molecular flexibility index (Phi) is 3.77. The lowest BCUT2D eigenvalue weighted by Gasteiger charge is -2.24. The van der Waals surface area contributed by atoms with E-state index in [4.69, 9.17) is 5.73 Å². The minimum Gasteiger partial charge on any atom is -0.356 e. The van der Waals surface area contributed by atoms with Gasteiger partial charge in [-0.05, 0) is 18.3 Å². The number of nitrogens with one attached hydrogen (secondary N) is 1. The van der Waals surface area contributed by atoms with Crippen molar-refractivity contribution in [2.24, 2.45) is 11.1 Å². The van der Waals surface area contributed by atoms with E-state index in [-0.39, 0.29) is 16.9 Å². The van der Waals surface area contributed by atoms with Crippen LogP contribution >= 0.6 is 0 Å². The molecule has 88 valence electrons. The molecule has 15 heavy (non-hydrogen) atoms. The molecule has 0 aromatic heterocycles. The highest BCUT2D eigenvalue weighted by Gasteiger charge is 2.31. The van der Waals surface area contributed by atoms with Gasteiger partial charge in [0.25, 0.3) is 0 Å². The maximum atomic E-state index is 11.7. The van der Waals surface area contributed by atoms with Crippen LogP contribution in [-0.2, 0) is 4.79 Å². The second kappa shape index (κ2) is 4.52. The zero-order chi connectivity index (χ0) is 11.5. The van der Waals surface area contributed by atoms with Gasteiger partial charge in [0.2, 0.25) is 5.91 Å². The summed E-state index contributed by atoms with van der Waals surface area (Å²) in [7, 11) is 0. The topological polar surface area (TPSA) is 55.1 Å². The van der Waals surface area contributed by atoms with Gasteiger partial charge in [0.1, 0.15) is 0 Å². The fourth-order valence-corrected chi connectivity index (χ4v) is 2.00. The van der Waals surface area contributed by atoms with Gasteiger partial charge in [-0.15, -0.1) is 0 Å². The second-order valence-electron chi connectivity index (χ2n) is 6.08. The molecule has 0 radical (unpaired) electrons. The average Bonchev–Trinajstić information content (AvgIpc) is 2.47. The van der Waals surface area contributed by atoms with Crippen LogP contribution in [0.1, 0.15) is 52.9 Å². The molecule has 1 aliphatic rings. The van der Waals surface area contributed by atoms with Gasteiger partial charge in [0.15, 0.2) is 0 Å². The molecule has 3 nitrogen and oxygen atoms in total. The molecule has 0 aromatic rings. The molecule has 1 rings (SSSR count). The molecular formula is C12H24N2O. The predicted molar refractivity (Wildman–Crippen MR) is 62.5 cm³/mol. The molecule has 0 aromatic carbocycles. The van der Waals surface area contributed by atoms with Crippen LogP contribution in [0.3, 0.4) is 0 Å². The van der Waals surface area contributed by atoms with Gasteiger partial charge in [-0.1, -0.05) is 33.6 Å². The van der Waals surface area contributed by atoms with Crippen molar-refractivity contribution >= 4 is 5.91 Å². The Morgan fingerprint density at radius 2 is 1.87 bits per heavy atom. The highest BCUT2D eigenvalue weighted by atomic mass is 16.1. The summed E-state index contributed by atoms with van der Waals surface area (Å²) in [5.74, 6) is 0.106. The third-order valence-electron chi connectivity index (χ3n) is 2.93. The van der Waals surface area contributed by atoms with E-state index in [2.05, 4.69) is 26.1 Å².